The van der Waals surface area contributed by atoms with Gasteiger partial charge in [-0.1, -0.05) is 0 Å². The molecule has 1 N–H and O–H groups in total. The Kier molecular flexibility index (Phi) is 6.42. The minimum atomic E-state index is 0. The Hall–Kier alpha value is -2.52. The van der Waals surface area contributed by atoms with Gasteiger partial charge >= 0.3 is 5.69 Å². The molecule has 0 amide bonds. The Bertz CT molecular complexity index is 671. The quantitative estimate of drug-likeness (QED) is 0.836. The smallest absolute Gasteiger partial charge is 0.427 e. The third-order valence-corrected chi connectivity index (χ3v) is 2.70. The van der Waals surface area contributed by atoms with Gasteiger partial charge in [-0.3, -0.25) is 0 Å². The molecule has 6 nitrogen and oxygen atoms in total. The number of nitrogens with zero attached hydrogens (tertiary/aromatic N) is 3. The maximum atomic E-state index is 9.00. The summed E-state index contributed by atoms with van der Waals surface area (Å²) >= 11 is 0. The fourth-order valence-electron chi connectivity index (χ4n) is 1.79. The zero-order chi connectivity index (χ0) is 15.2. The van der Waals surface area contributed by atoms with E-state index in [1.54, 1.807) is 31.5 Å². The first-order valence-electron chi connectivity index (χ1n) is 6.56. The molecule has 22 heavy (non-hydrogen) atoms. The summed E-state index contributed by atoms with van der Waals surface area (Å²) in [6.45, 7) is 3.90. The molecule has 0 aliphatic carbocycles. The lowest BCUT2D eigenvalue weighted by atomic mass is 10.2. The first-order chi connectivity index (χ1) is 10.1. The lowest BCUT2D eigenvalue weighted by Crippen LogP contribution is -3.00. The topological polar surface area (TPSA) is 71.5 Å². The van der Waals surface area contributed by atoms with E-state index in [1.807, 2.05) is 26.0 Å². The molecule has 116 valence electrons. The first kappa shape index (κ1) is 17.5. The van der Waals surface area contributed by atoms with Gasteiger partial charge in [0.2, 0.25) is 11.2 Å². The Labute approximate surface area is 135 Å². The molecule has 0 spiro atoms. The van der Waals surface area contributed by atoms with Crippen molar-refractivity contribution in [2.75, 3.05) is 12.4 Å². The van der Waals surface area contributed by atoms with Gasteiger partial charge in [-0.25, -0.2) is 4.98 Å². The number of anilines is 2. The van der Waals surface area contributed by atoms with E-state index in [1.165, 1.54) is 0 Å². The summed E-state index contributed by atoms with van der Waals surface area (Å²) in [6, 6.07) is 8.78. The summed E-state index contributed by atoms with van der Waals surface area (Å²) in [7, 11) is 1.59. The average molecular weight is 321 g/mol. The van der Waals surface area contributed by atoms with Crippen LogP contribution in [0.25, 0.3) is 4.98 Å². The highest BCUT2D eigenvalue weighted by atomic mass is 35.5. The number of pyridine rings is 1. The van der Waals surface area contributed by atoms with Crippen LogP contribution in [0.15, 0.2) is 36.5 Å². The van der Waals surface area contributed by atoms with Crippen LogP contribution < -0.4 is 27.2 Å². The third kappa shape index (κ3) is 4.24. The summed E-state index contributed by atoms with van der Waals surface area (Å²) in [5.74, 6) is 1.79. The zero-order valence-electron chi connectivity index (χ0n) is 12.6. The van der Waals surface area contributed by atoms with Crippen molar-refractivity contribution < 1.29 is 21.9 Å². The molecule has 1 heterocycles. The Morgan fingerprint density at radius 2 is 2.05 bits per heavy atom. The molecular formula is C15H17ClN4O2. The van der Waals surface area contributed by atoms with Crippen LogP contribution in [-0.2, 0) is 0 Å². The number of halogens is 1. The second-order valence-corrected chi connectivity index (χ2v) is 4.62. The minimum Gasteiger partial charge on any atom is -1.00 e. The van der Waals surface area contributed by atoms with Crippen LogP contribution in [0.5, 0.6) is 11.5 Å². The summed E-state index contributed by atoms with van der Waals surface area (Å²) < 4.78 is 11.0. The molecule has 0 saturated carbocycles. The first-order valence-corrected chi connectivity index (χ1v) is 6.56. The van der Waals surface area contributed by atoms with Crippen LogP contribution in [0.2, 0.25) is 0 Å². The summed E-state index contributed by atoms with van der Waals surface area (Å²) in [4.78, 5) is 7.36. The van der Waals surface area contributed by atoms with Gasteiger partial charge in [-0.05, 0) is 32.0 Å². The number of aromatic nitrogens is 1. The molecule has 0 unspecified atom stereocenters. The monoisotopic (exact) mass is 320 g/mol. The van der Waals surface area contributed by atoms with Crippen LogP contribution in [0.3, 0.4) is 0 Å². The van der Waals surface area contributed by atoms with Crippen LogP contribution in [-0.4, -0.2) is 18.2 Å². The molecule has 2 aromatic rings. The Morgan fingerprint density at radius 3 is 2.68 bits per heavy atom. The molecule has 0 saturated heterocycles. The summed E-state index contributed by atoms with van der Waals surface area (Å²) in [6.07, 6.45) is 1.64. The largest absolute Gasteiger partial charge is 1.00 e. The zero-order valence-corrected chi connectivity index (χ0v) is 13.3. The Morgan fingerprint density at radius 1 is 1.27 bits per heavy atom. The van der Waals surface area contributed by atoms with E-state index in [-0.39, 0.29) is 18.5 Å². The normalized spacial score (nSPS) is 9.59. The second kappa shape index (κ2) is 8.05. The number of rotatable bonds is 5. The van der Waals surface area contributed by atoms with Gasteiger partial charge in [0.1, 0.15) is 11.5 Å². The number of methoxy groups -OCH3 is 1. The molecule has 0 radical (unpaired) electrons. The molecule has 1 aromatic carbocycles. The second-order valence-electron chi connectivity index (χ2n) is 4.62. The van der Waals surface area contributed by atoms with Gasteiger partial charge in [0, 0.05) is 18.3 Å². The van der Waals surface area contributed by atoms with E-state index in [0.29, 0.717) is 28.7 Å². The molecule has 0 bridgehead atoms. The SMILES string of the molecule is COc1ccc(OC(C)C)c(Nc2ncccc2[N+]#N)c1.[Cl-]. The van der Waals surface area contributed by atoms with Gasteiger partial charge < -0.3 is 27.2 Å². The fraction of sp³-hybridized carbons (Fsp3) is 0.267. The maximum absolute atomic E-state index is 9.00. The van der Waals surface area contributed by atoms with Crippen LogP contribution >= 0.6 is 0 Å². The van der Waals surface area contributed by atoms with E-state index >= 15 is 0 Å². The molecule has 0 aliphatic heterocycles. The number of nitrogens with one attached hydrogen (secondary N) is 1. The standard InChI is InChI=1S/C15H17N4O2.ClH/c1-10(2)21-14-7-6-11(20-3)9-13(14)18-15-12(19-16)5-4-8-17-15;/h4-10H,1-3H3,(H,17,18);1H/q+1;/p-1. The van der Waals surface area contributed by atoms with Crippen molar-refractivity contribution in [3.05, 3.63) is 41.5 Å². The minimum absolute atomic E-state index is 0. The molecule has 0 atom stereocenters. The van der Waals surface area contributed by atoms with Crippen LogP contribution in [0.4, 0.5) is 17.2 Å². The molecule has 0 fully saturated rings. The summed E-state index contributed by atoms with van der Waals surface area (Å²) in [5, 5.41) is 12.1. The van der Waals surface area contributed by atoms with Crippen LogP contribution in [0.1, 0.15) is 13.8 Å². The highest BCUT2D eigenvalue weighted by molar-refractivity contribution is 5.74. The number of benzene rings is 1. The predicted molar refractivity (Wildman–Crippen MR) is 81.0 cm³/mol. The van der Waals surface area contributed by atoms with Crippen molar-refractivity contribution in [1.82, 2.24) is 4.98 Å². The van der Waals surface area contributed by atoms with Crippen molar-refractivity contribution in [2.24, 2.45) is 0 Å². The van der Waals surface area contributed by atoms with Crippen molar-refractivity contribution in [1.29, 1.82) is 5.39 Å². The van der Waals surface area contributed by atoms with Gasteiger partial charge in [-0.15, -0.1) is 0 Å². The molecule has 7 heteroatoms. The van der Waals surface area contributed by atoms with E-state index in [0.717, 1.165) is 0 Å². The Balaban J connectivity index is 0.00000242. The number of ether oxygens (including phenoxy) is 2. The number of diazo groups is 1. The van der Waals surface area contributed by atoms with Gasteiger partial charge in [0.05, 0.1) is 18.9 Å². The lowest BCUT2D eigenvalue weighted by Gasteiger charge is -2.15. The third-order valence-electron chi connectivity index (χ3n) is 2.70. The van der Waals surface area contributed by atoms with Gasteiger partial charge in [-0.2, -0.15) is 0 Å². The van der Waals surface area contributed by atoms with Crippen molar-refractivity contribution in [3.63, 3.8) is 0 Å². The number of hydrogen-bond donors (Lipinski definition) is 1. The predicted octanol–water partition coefficient (Wildman–Crippen LogP) is 1.11. The molecule has 2 rings (SSSR count). The highest BCUT2D eigenvalue weighted by Crippen LogP contribution is 2.34. The van der Waals surface area contributed by atoms with Gasteiger partial charge in [0.25, 0.3) is 0 Å². The average Bonchev–Trinajstić information content (AvgIpc) is 2.49. The molecule has 1 aromatic heterocycles. The maximum Gasteiger partial charge on any atom is 0.427 e. The number of hydrogen-bond acceptors (Lipinski definition) is 5. The summed E-state index contributed by atoms with van der Waals surface area (Å²) in [5.41, 5.74) is 1.03. The van der Waals surface area contributed by atoms with Crippen LogP contribution in [0, 0.1) is 5.39 Å². The van der Waals surface area contributed by atoms with Gasteiger partial charge in [0.15, 0.2) is 4.98 Å². The van der Waals surface area contributed by atoms with Crippen molar-refractivity contribution in [3.8, 4) is 11.5 Å². The molecule has 0 aliphatic rings. The van der Waals surface area contributed by atoms with E-state index < -0.39 is 0 Å². The van der Waals surface area contributed by atoms with Crippen molar-refractivity contribution >= 4 is 17.2 Å². The van der Waals surface area contributed by atoms with E-state index in [2.05, 4.69) is 15.3 Å². The molecular weight excluding hydrogens is 304 g/mol. The van der Waals surface area contributed by atoms with Crippen molar-refractivity contribution in [2.45, 2.75) is 20.0 Å². The lowest BCUT2D eigenvalue weighted by molar-refractivity contribution is -0.00000608. The van der Waals surface area contributed by atoms with E-state index in [9.17, 15) is 0 Å². The van der Waals surface area contributed by atoms with E-state index in [4.69, 9.17) is 14.9 Å². The highest BCUT2D eigenvalue weighted by Gasteiger charge is 2.17. The fourth-order valence-corrected chi connectivity index (χ4v) is 1.79.